The summed E-state index contributed by atoms with van der Waals surface area (Å²) in [6.45, 7) is 1.39. The lowest BCUT2D eigenvalue weighted by molar-refractivity contribution is -0.133. The number of hydrogen-bond donors (Lipinski definition) is 2. The highest BCUT2D eigenvalue weighted by Gasteiger charge is 2.41. The maximum atomic E-state index is 11.7. The van der Waals surface area contributed by atoms with Crippen molar-refractivity contribution in [3.8, 4) is 0 Å². The van der Waals surface area contributed by atoms with Crippen molar-refractivity contribution in [1.29, 1.82) is 0 Å². The van der Waals surface area contributed by atoms with Gasteiger partial charge in [-0.15, -0.1) is 0 Å². The third-order valence-electron chi connectivity index (χ3n) is 3.14. The maximum absolute atomic E-state index is 11.7. The molecule has 130 valence electrons. The number of halogens is 1. The molecule has 1 aliphatic rings. The quantitative estimate of drug-likeness (QED) is 0.455. The highest BCUT2D eigenvalue weighted by molar-refractivity contribution is 6.19. The predicted octanol–water partition coefficient (Wildman–Crippen LogP) is 1.52. The third-order valence-corrected chi connectivity index (χ3v) is 3.23. The van der Waals surface area contributed by atoms with Crippen LogP contribution in [-0.2, 0) is 25.6 Å². The minimum absolute atomic E-state index is 0.0854. The van der Waals surface area contributed by atoms with E-state index in [1.807, 2.05) is 30.3 Å². The van der Waals surface area contributed by atoms with Crippen LogP contribution in [0.25, 0.3) is 0 Å². The van der Waals surface area contributed by atoms with E-state index in [1.165, 1.54) is 6.92 Å². The molecule has 0 aromatic heterocycles. The van der Waals surface area contributed by atoms with Crippen molar-refractivity contribution in [1.82, 2.24) is 10.6 Å². The highest BCUT2D eigenvalue weighted by atomic mass is 35.5. The monoisotopic (exact) mass is 356 g/mol. The maximum Gasteiger partial charge on any atom is 0.509 e. The molecule has 0 radical (unpaired) electrons. The number of nitrogens with one attached hydrogen (secondary N) is 2. The molecule has 2 N–H and O–H groups in total. The summed E-state index contributed by atoms with van der Waals surface area (Å²) in [6, 6.07) is 7.72. The number of hydrogen-bond acceptors (Lipinski definition) is 6. The molecule has 1 unspecified atom stereocenters. The summed E-state index contributed by atoms with van der Waals surface area (Å²) in [5.74, 6) is -0.390. The van der Waals surface area contributed by atoms with E-state index in [9.17, 15) is 14.4 Å². The summed E-state index contributed by atoms with van der Waals surface area (Å²) in [6.07, 6.45) is -1.69. The molecule has 1 aromatic carbocycles. The van der Waals surface area contributed by atoms with Gasteiger partial charge in [0.25, 0.3) is 0 Å². The molecule has 8 nitrogen and oxygen atoms in total. The molecule has 1 fully saturated rings. The number of alkyl carbamates (subject to hydrolysis) is 1. The fourth-order valence-electron chi connectivity index (χ4n) is 1.96. The molecule has 2 amide bonds. The SMILES string of the molecule is CC(Cl)OC(=O)OC[C@@H]1NC(=O)[C@@H]1NC(=O)OCc1ccccc1. The fraction of sp³-hybridized carbons (Fsp3) is 0.400. The van der Waals surface area contributed by atoms with Crippen LogP contribution >= 0.6 is 11.6 Å². The van der Waals surface area contributed by atoms with E-state index in [-0.39, 0.29) is 19.1 Å². The predicted molar refractivity (Wildman–Crippen MR) is 83.2 cm³/mol. The van der Waals surface area contributed by atoms with Crippen LogP contribution in [0.2, 0.25) is 0 Å². The van der Waals surface area contributed by atoms with Gasteiger partial charge in [0.2, 0.25) is 5.91 Å². The van der Waals surface area contributed by atoms with Crippen LogP contribution in [0.5, 0.6) is 0 Å². The number of amides is 2. The third kappa shape index (κ3) is 5.31. The number of carbonyl (C=O) groups excluding carboxylic acids is 3. The number of β-lactam (4-membered cyclic amide) rings is 1. The summed E-state index contributed by atoms with van der Waals surface area (Å²) in [4.78, 5) is 34.4. The summed E-state index contributed by atoms with van der Waals surface area (Å²) in [5, 5.41) is 4.93. The van der Waals surface area contributed by atoms with Gasteiger partial charge < -0.3 is 24.8 Å². The molecule has 0 bridgehead atoms. The number of alkyl halides is 1. The molecule has 0 spiro atoms. The van der Waals surface area contributed by atoms with Crippen LogP contribution < -0.4 is 10.6 Å². The smallest absolute Gasteiger partial charge is 0.445 e. The summed E-state index contributed by atoms with van der Waals surface area (Å²) in [5.41, 5.74) is -0.00102. The fourth-order valence-corrected chi connectivity index (χ4v) is 2.04. The molecule has 1 aromatic rings. The van der Waals surface area contributed by atoms with Crippen LogP contribution in [0.4, 0.5) is 9.59 Å². The van der Waals surface area contributed by atoms with E-state index in [1.54, 1.807) is 0 Å². The van der Waals surface area contributed by atoms with Gasteiger partial charge in [-0.3, -0.25) is 4.79 Å². The Morgan fingerprint density at radius 3 is 2.62 bits per heavy atom. The first kappa shape index (κ1) is 17.9. The van der Waals surface area contributed by atoms with Gasteiger partial charge in [-0.2, -0.15) is 0 Å². The van der Waals surface area contributed by atoms with Gasteiger partial charge in [0, 0.05) is 0 Å². The van der Waals surface area contributed by atoms with Gasteiger partial charge in [-0.1, -0.05) is 41.9 Å². The van der Waals surface area contributed by atoms with E-state index in [0.717, 1.165) is 5.56 Å². The second-order valence-corrected chi connectivity index (χ2v) is 5.64. The molecule has 1 heterocycles. The molecule has 1 aliphatic heterocycles. The van der Waals surface area contributed by atoms with Crippen LogP contribution in [-0.4, -0.2) is 42.4 Å². The molecular weight excluding hydrogens is 340 g/mol. The summed E-state index contributed by atoms with van der Waals surface area (Å²) in [7, 11) is 0. The van der Waals surface area contributed by atoms with Crippen molar-refractivity contribution in [3.63, 3.8) is 0 Å². The molecule has 24 heavy (non-hydrogen) atoms. The molecular formula is C15H17ClN2O6. The minimum atomic E-state index is -0.955. The van der Waals surface area contributed by atoms with Crippen LogP contribution in [0.1, 0.15) is 12.5 Å². The van der Waals surface area contributed by atoms with E-state index in [0.29, 0.717) is 0 Å². The van der Waals surface area contributed by atoms with Crippen molar-refractivity contribution in [2.75, 3.05) is 6.61 Å². The zero-order valence-electron chi connectivity index (χ0n) is 12.9. The second-order valence-electron chi connectivity index (χ2n) is 5.02. The first-order chi connectivity index (χ1) is 11.5. The number of benzene rings is 1. The topological polar surface area (TPSA) is 103 Å². The number of rotatable bonds is 6. The van der Waals surface area contributed by atoms with E-state index in [2.05, 4.69) is 15.4 Å². The molecule has 1 saturated heterocycles. The van der Waals surface area contributed by atoms with Crippen molar-refractivity contribution < 1.29 is 28.6 Å². The zero-order chi connectivity index (χ0) is 17.5. The Morgan fingerprint density at radius 2 is 2.00 bits per heavy atom. The summed E-state index contributed by atoms with van der Waals surface area (Å²) < 4.78 is 14.4. The van der Waals surface area contributed by atoms with E-state index in [4.69, 9.17) is 21.1 Å². The first-order valence-electron chi connectivity index (χ1n) is 7.21. The molecule has 9 heteroatoms. The Hall–Kier alpha value is -2.48. The molecule has 3 atom stereocenters. The largest absolute Gasteiger partial charge is 0.509 e. The average molecular weight is 357 g/mol. The van der Waals surface area contributed by atoms with Gasteiger partial charge in [0.15, 0.2) is 5.56 Å². The average Bonchev–Trinajstić information content (AvgIpc) is 2.54. The Balaban J connectivity index is 1.73. The standard InChI is InChI=1S/C15H17ClN2O6/c1-9(16)24-15(21)23-8-11-12(13(19)17-11)18-14(20)22-7-10-5-3-2-4-6-10/h2-6,9,11-12H,7-8H2,1H3,(H,17,19)(H,18,20)/t9?,11-,12+/m0/s1. The number of carbonyl (C=O) groups is 3. The molecule has 0 saturated carbocycles. The Labute approximate surface area is 143 Å². The van der Waals surface area contributed by atoms with Gasteiger partial charge in [-0.25, -0.2) is 9.59 Å². The van der Waals surface area contributed by atoms with Crippen molar-refractivity contribution in [2.45, 2.75) is 31.2 Å². The Kier molecular flexibility index (Phi) is 6.25. The minimum Gasteiger partial charge on any atom is -0.445 e. The molecule has 0 aliphatic carbocycles. The Morgan fingerprint density at radius 1 is 1.29 bits per heavy atom. The van der Waals surface area contributed by atoms with Crippen molar-refractivity contribution in [3.05, 3.63) is 35.9 Å². The van der Waals surface area contributed by atoms with Gasteiger partial charge >= 0.3 is 12.2 Å². The van der Waals surface area contributed by atoms with E-state index < -0.39 is 29.9 Å². The van der Waals surface area contributed by atoms with Crippen LogP contribution in [0.15, 0.2) is 30.3 Å². The van der Waals surface area contributed by atoms with Gasteiger partial charge in [0.1, 0.15) is 19.3 Å². The molecule has 2 rings (SSSR count). The van der Waals surface area contributed by atoms with Gasteiger partial charge in [0.05, 0.1) is 6.04 Å². The Bertz CT molecular complexity index is 595. The lowest BCUT2D eigenvalue weighted by atomic mass is 10.0. The first-order valence-corrected chi connectivity index (χ1v) is 7.64. The second kappa shape index (κ2) is 8.39. The van der Waals surface area contributed by atoms with E-state index >= 15 is 0 Å². The lowest BCUT2D eigenvalue weighted by Crippen LogP contribution is -2.70. The zero-order valence-corrected chi connectivity index (χ0v) is 13.6. The van der Waals surface area contributed by atoms with Gasteiger partial charge in [-0.05, 0) is 12.5 Å². The lowest BCUT2D eigenvalue weighted by Gasteiger charge is -2.35. The summed E-state index contributed by atoms with van der Waals surface area (Å²) >= 11 is 5.48. The van der Waals surface area contributed by atoms with Crippen molar-refractivity contribution >= 4 is 29.8 Å². The highest BCUT2D eigenvalue weighted by Crippen LogP contribution is 2.09. The van der Waals surface area contributed by atoms with Crippen molar-refractivity contribution in [2.24, 2.45) is 0 Å². The van der Waals surface area contributed by atoms with Crippen LogP contribution in [0, 0.1) is 0 Å². The van der Waals surface area contributed by atoms with Crippen LogP contribution in [0.3, 0.4) is 0 Å². The number of ether oxygens (including phenoxy) is 3. The normalized spacial score (nSPS) is 20.2.